The zero-order valence-electron chi connectivity index (χ0n) is 15.7. The molecule has 0 atom stereocenters. The molecule has 1 aromatic heterocycles. The van der Waals surface area contributed by atoms with Gasteiger partial charge in [0.1, 0.15) is 0 Å². The van der Waals surface area contributed by atoms with E-state index in [4.69, 9.17) is 4.99 Å². The van der Waals surface area contributed by atoms with Crippen molar-refractivity contribution in [2.75, 3.05) is 13.1 Å². The van der Waals surface area contributed by atoms with Crippen molar-refractivity contribution in [3.05, 3.63) is 48.3 Å². The maximum atomic E-state index is 4.74. The van der Waals surface area contributed by atoms with Crippen LogP contribution in [-0.4, -0.2) is 33.6 Å². The van der Waals surface area contributed by atoms with Crippen LogP contribution in [-0.2, 0) is 13.6 Å². The number of hydrogen-bond acceptors (Lipinski definition) is 3. The Morgan fingerprint density at radius 1 is 1.19 bits per heavy atom. The molecule has 1 aromatic carbocycles. The van der Waals surface area contributed by atoms with Gasteiger partial charge in [-0.2, -0.15) is 5.10 Å². The summed E-state index contributed by atoms with van der Waals surface area (Å²) in [5.41, 5.74) is 1.11. The van der Waals surface area contributed by atoms with Gasteiger partial charge in [0.05, 0.1) is 12.2 Å². The second kappa shape index (κ2) is 9.12. The van der Waals surface area contributed by atoms with Crippen LogP contribution in [0.15, 0.2) is 52.5 Å². The first-order valence-corrected chi connectivity index (χ1v) is 10.3. The monoisotopic (exact) mass is 371 g/mol. The molecule has 0 amide bonds. The number of nitrogens with one attached hydrogen (secondary N) is 2. The van der Waals surface area contributed by atoms with E-state index in [0.717, 1.165) is 24.7 Å². The van der Waals surface area contributed by atoms with Gasteiger partial charge in [-0.25, -0.2) is 4.99 Å². The average Bonchev–Trinajstić information content (AvgIpc) is 3.28. The van der Waals surface area contributed by atoms with Crippen molar-refractivity contribution >= 4 is 17.7 Å². The highest BCUT2D eigenvalue weighted by Gasteiger charge is 2.35. The molecule has 0 spiro atoms. The Kier molecular flexibility index (Phi) is 6.61. The lowest BCUT2D eigenvalue weighted by Gasteiger charge is -2.29. The minimum atomic E-state index is 0.254. The molecule has 1 aliphatic carbocycles. The van der Waals surface area contributed by atoms with E-state index in [0.29, 0.717) is 6.54 Å². The maximum Gasteiger partial charge on any atom is 0.191 e. The summed E-state index contributed by atoms with van der Waals surface area (Å²) in [6.07, 6.45) is 6.94. The van der Waals surface area contributed by atoms with Crippen LogP contribution in [0.25, 0.3) is 0 Å². The van der Waals surface area contributed by atoms with Gasteiger partial charge in [-0.05, 0) is 38.0 Å². The second-order valence-electron chi connectivity index (χ2n) is 6.80. The Balaban J connectivity index is 1.64. The first kappa shape index (κ1) is 18.8. The van der Waals surface area contributed by atoms with E-state index in [1.807, 2.05) is 35.8 Å². The quantitative estimate of drug-likeness (QED) is 0.577. The number of aryl methyl sites for hydroxylation is 1. The highest BCUT2D eigenvalue weighted by molar-refractivity contribution is 8.00. The third-order valence-corrected chi connectivity index (χ3v) is 6.33. The predicted molar refractivity (Wildman–Crippen MR) is 110 cm³/mol. The number of hydrogen-bond donors (Lipinski definition) is 2. The van der Waals surface area contributed by atoms with Crippen LogP contribution in [0.3, 0.4) is 0 Å². The van der Waals surface area contributed by atoms with E-state index >= 15 is 0 Å². The Hall–Kier alpha value is -1.95. The first-order chi connectivity index (χ1) is 12.7. The fraction of sp³-hybridized carbons (Fsp3) is 0.500. The molecule has 0 saturated heterocycles. The normalized spacial score (nSPS) is 16.6. The standard InChI is InChI=1S/C20H29N5S/c1-3-21-19(22-15-17-11-14-24-25(17)2)23-16-20(12-7-8-13-20)26-18-9-5-4-6-10-18/h4-6,9-11,14H,3,7-8,12-13,15-16H2,1-2H3,(H2,21,22,23). The Bertz CT molecular complexity index is 704. The largest absolute Gasteiger partial charge is 0.357 e. The fourth-order valence-electron chi connectivity index (χ4n) is 3.38. The summed E-state index contributed by atoms with van der Waals surface area (Å²) in [5.74, 6) is 0.883. The molecule has 1 aliphatic rings. The van der Waals surface area contributed by atoms with Crippen LogP contribution in [0.5, 0.6) is 0 Å². The van der Waals surface area contributed by atoms with Crippen LogP contribution in [0.4, 0.5) is 0 Å². The Labute approximate surface area is 160 Å². The van der Waals surface area contributed by atoms with E-state index in [2.05, 4.69) is 53.0 Å². The minimum absolute atomic E-state index is 0.254. The van der Waals surface area contributed by atoms with Gasteiger partial charge in [0.25, 0.3) is 0 Å². The highest BCUT2D eigenvalue weighted by atomic mass is 32.2. The number of guanidine groups is 1. The molecule has 0 aliphatic heterocycles. The fourth-order valence-corrected chi connectivity index (χ4v) is 4.81. The van der Waals surface area contributed by atoms with Crippen molar-refractivity contribution in [2.24, 2.45) is 12.0 Å². The molecule has 140 valence electrons. The molecule has 0 radical (unpaired) electrons. The Morgan fingerprint density at radius 2 is 1.96 bits per heavy atom. The summed E-state index contributed by atoms with van der Waals surface area (Å²) in [6, 6.07) is 12.8. The number of nitrogens with zero attached hydrogens (tertiary/aromatic N) is 3. The molecule has 26 heavy (non-hydrogen) atoms. The number of rotatable bonds is 7. The lowest BCUT2D eigenvalue weighted by molar-refractivity contribution is 0.582. The van der Waals surface area contributed by atoms with Gasteiger partial charge >= 0.3 is 0 Å². The third-order valence-electron chi connectivity index (χ3n) is 4.84. The molecule has 2 aromatic rings. The molecule has 3 rings (SSSR count). The SMILES string of the molecule is CCNC(=NCc1ccnn1C)NCC1(Sc2ccccc2)CCCC1. The van der Waals surface area contributed by atoms with Gasteiger partial charge in [0, 0.05) is 36.0 Å². The summed E-state index contributed by atoms with van der Waals surface area (Å²) in [7, 11) is 1.95. The summed E-state index contributed by atoms with van der Waals surface area (Å²) in [5, 5.41) is 11.2. The maximum absolute atomic E-state index is 4.74. The first-order valence-electron chi connectivity index (χ1n) is 9.44. The van der Waals surface area contributed by atoms with Gasteiger partial charge in [-0.15, -0.1) is 11.8 Å². The van der Waals surface area contributed by atoms with E-state index in [-0.39, 0.29) is 4.75 Å². The summed E-state index contributed by atoms with van der Waals surface area (Å²) < 4.78 is 2.13. The van der Waals surface area contributed by atoms with Gasteiger partial charge in [0.15, 0.2) is 5.96 Å². The van der Waals surface area contributed by atoms with E-state index in [1.165, 1.54) is 30.6 Å². The lowest BCUT2D eigenvalue weighted by atomic mass is 10.1. The van der Waals surface area contributed by atoms with Gasteiger partial charge in [-0.3, -0.25) is 4.68 Å². The van der Waals surface area contributed by atoms with Gasteiger partial charge in [0.2, 0.25) is 0 Å². The number of aromatic nitrogens is 2. The molecule has 1 heterocycles. The third kappa shape index (κ3) is 5.04. The molecule has 1 saturated carbocycles. The van der Waals surface area contributed by atoms with E-state index in [9.17, 15) is 0 Å². The highest BCUT2D eigenvalue weighted by Crippen LogP contribution is 2.44. The molecule has 5 nitrogen and oxygen atoms in total. The van der Waals surface area contributed by atoms with Gasteiger partial charge < -0.3 is 10.6 Å². The molecule has 6 heteroatoms. The predicted octanol–water partition coefficient (Wildman–Crippen LogP) is 3.58. The molecular weight excluding hydrogens is 342 g/mol. The van der Waals surface area contributed by atoms with Crippen LogP contribution in [0, 0.1) is 0 Å². The smallest absolute Gasteiger partial charge is 0.191 e. The molecule has 0 unspecified atom stereocenters. The zero-order chi connectivity index (χ0) is 18.2. The summed E-state index contributed by atoms with van der Waals surface area (Å²) in [6.45, 7) is 4.52. The lowest BCUT2D eigenvalue weighted by Crippen LogP contribution is -2.44. The van der Waals surface area contributed by atoms with Crippen LogP contribution >= 0.6 is 11.8 Å². The van der Waals surface area contributed by atoms with E-state index < -0.39 is 0 Å². The van der Waals surface area contributed by atoms with E-state index in [1.54, 1.807) is 0 Å². The number of aliphatic imine (C=N–C) groups is 1. The van der Waals surface area contributed by atoms with Gasteiger partial charge in [-0.1, -0.05) is 31.0 Å². The van der Waals surface area contributed by atoms with Crippen molar-refractivity contribution in [2.45, 2.75) is 48.8 Å². The average molecular weight is 372 g/mol. The number of thioether (sulfide) groups is 1. The minimum Gasteiger partial charge on any atom is -0.357 e. The van der Waals surface area contributed by atoms with Crippen LogP contribution < -0.4 is 10.6 Å². The van der Waals surface area contributed by atoms with Crippen LogP contribution in [0.2, 0.25) is 0 Å². The van der Waals surface area contributed by atoms with Crippen LogP contribution in [0.1, 0.15) is 38.3 Å². The van der Waals surface area contributed by atoms with Crippen molar-refractivity contribution < 1.29 is 0 Å². The molecule has 1 fully saturated rings. The summed E-state index contributed by atoms with van der Waals surface area (Å²) >= 11 is 2.02. The molecule has 2 N–H and O–H groups in total. The van der Waals surface area contributed by atoms with Crippen molar-refractivity contribution in [1.29, 1.82) is 0 Å². The molecule has 0 bridgehead atoms. The summed E-state index contributed by atoms with van der Waals surface area (Å²) in [4.78, 5) is 6.09. The van der Waals surface area contributed by atoms with Crippen molar-refractivity contribution in [3.63, 3.8) is 0 Å². The van der Waals surface area contributed by atoms with Crippen molar-refractivity contribution in [3.8, 4) is 0 Å². The zero-order valence-corrected chi connectivity index (χ0v) is 16.6. The topological polar surface area (TPSA) is 54.2 Å². The second-order valence-corrected chi connectivity index (χ2v) is 8.34. The molecular formula is C20H29N5S. The number of benzene rings is 1. The van der Waals surface area contributed by atoms with Crippen molar-refractivity contribution in [1.82, 2.24) is 20.4 Å². The Morgan fingerprint density at radius 3 is 2.62 bits per heavy atom.